The van der Waals surface area contributed by atoms with Crippen molar-refractivity contribution < 1.29 is 9.18 Å². The van der Waals surface area contributed by atoms with Crippen LogP contribution in [0.5, 0.6) is 0 Å². The molecule has 180 valence electrons. The van der Waals surface area contributed by atoms with Crippen LogP contribution in [0.15, 0.2) is 79.5 Å². The van der Waals surface area contributed by atoms with Crippen molar-refractivity contribution >= 4 is 11.6 Å². The number of benzene rings is 2. The summed E-state index contributed by atoms with van der Waals surface area (Å²) in [5, 5.41) is 18.7. The van der Waals surface area contributed by atoms with E-state index in [4.69, 9.17) is 0 Å². The van der Waals surface area contributed by atoms with Crippen LogP contribution in [0.3, 0.4) is 0 Å². The van der Waals surface area contributed by atoms with Crippen LogP contribution in [-0.2, 0) is 20.1 Å². The maximum Gasteiger partial charge on any atom is 0.251 e. The van der Waals surface area contributed by atoms with E-state index in [-0.39, 0.29) is 12.5 Å². The van der Waals surface area contributed by atoms with Gasteiger partial charge in [-0.25, -0.2) is 19.0 Å². The molecule has 36 heavy (non-hydrogen) atoms. The Balaban J connectivity index is 1.25. The molecule has 0 bridgehead atoms. The second kappa shape index (κ2) is 10.1. The minimum absolute atomic E-state index is 0.0170. The third-order valence-electron chi connectivity index (χ3n) is 5.62. The monoisotopic (exact) mass is 483 g/mol. The van der Waals surface area contributed by atoms with E-state index < -0.39 is 5.82 Å². The zero-order valence-corrected chi connectivity index (χ0v) is 19.3. The molecule has 3 heterocycles. The van der Waals surface area contributed by atoms with Crippen molar-refractivity contribution in [3.63, 3.8) is 0 Å². The lowest BCUT2D eigenvalue weighted by Crippen LogP contribution is -2.24. The Morgan fingerprint density at radius 3 is 2.72 bits per heavy atom. The lowest BCUT2D eigenvalue weighted by molar-refractivity contribution is 0.0950. The smallest absolute Gasteiger partial charge is 0.251 e. The molecule has 0 atom stereocenters. The van der Waals surface area contributed by atoms with Crippen LogP contribution < -0.4 is 10.6 Å². The molecule has 1 amide bonds. The number of hydrogen-bond acceptors (Lipinski definition) is 7. The molecule has 3 aromatic heterocycles. The van der Waals surface area contributed by atoms with Gasteiger partial charge < -0.3 is 15.2 Å². The molecule has 5 aromatic rings. The normalized spacial score (nSPS) is 10.8. The standard InChI is InChI=1S/C25H22FN9O/c1-34-23(32-33-24(34)21-9-11-27-16-30-21)15-28-18-6-2-5-17(13-18)25(36)29-14-19-20(26)7-3-8-22(19)35-12-4-10-31-35/h2-13,16,28H,14-15H2,1H3,(H,29,36). The first-order valence-electron chi connectivity index (χ1n) is 11.1. The Bertz CT molecular complexity index is 1480. The third kappa shape index (κ3) is 4.80. The summed E-state index contributed by atoms with van der Waals surface area (Å²) < 4.78 is 18.0. The van der Waals surface area contributed by atoms with E-state index in [1.807, 2.05) is 17.7 Å². The van der Waals surface area contributed by atoms with Gasteiger partial charge >= 0.3 is 0 Å². The van der Waals surface area contributed by atoms with Crippen LogP contribution in [0.25, 0.3) is 17.2 Å². The van der Waals surface area contributed by atoms with Gasteiger partial charge in [-0.15, -0.1) is 10.2 Å². The SMILES string of the molecule is Cn1c(CNc2cccc(C(=O)NCc3c(F)cccc3-n3cccn3)c2)nnc1-c1ccncn1. The predicted molar refractivity (Wildman–Crippen MR) is 130 cm³/mol. The zero-order chi connectivity index (χ0) is 24.9. The van der Waals surface area contributed by atoms with E-state index in [1.165, 1.54) is 12.4 Å². The van der Waals surface area contributed by atoms with E-state index in [9.17, 15) is 9.18 Å². The van der Waals surface area contributed by atoms with E-state index in [2.05, 4.69) is 35.9 Å². The lowest BCUT2D eigenvalue weighted by atomic mass is 10.1. The number of carbonyl (C=O) groups is 1. The minimum Gasteiger partial charge on any atom is -0.378 e. The average molecular weight is 484 g/mol. The molecule has 2 aromatic carbocycles. The molecule has 0 spiro atoms. The molecule has 0 aliphatic carbocycles. The molecule has 0 unspecified atom stereocenters. The first-order valence-corrected chi connectivity index (χ1v) is 11.1. The molecule has 0 saturated carbocycles. The molecular weight excluding hydrogens is 461 g/mol. The Morgan fingerprint density at radius 2 is 1.92 bits per heavy atom. The number of carbonyl (C=O) groups excluding carboxylic acids is 1. The van der Waals surface area contributed by atoms with Gasteiger partial charge in [-0.2, -0.15) is 5.10 Å². The highest BCUT2D eigenvalue weighted by atomic mass is 19.1. The van der Waals surface area contributed by atoms with Gasteiger partial charge in [-0.3, -0.25) is 4.79 Å². The molecule has 11 heteroatoms. The van der Waals surface area contributed by atoms with E-state index in [1.54, 1.807) is 65.7 Å². The topological polar surface area (TPSA) is 115 Å². The highest BCUT2D eigenvalue weighted by Gasteiger charge is 2.14. The molecule has 5 rings (SSSR count). The Hall–Kier alpha value is -4.93. The fraction of sp³-hybridized carbons (Fsp3) is 0.120. The molecule has 0 aliphatic heterocycles. The zero-order valence-electron chi connectivity index (χ0n) is 19.3. The number of rotatable bonds is 8. The van der Waals surface area contributed by atoms with Crippen LogP contribution >= 0.6 is 0 Å². The van der Waals surface area contributed by atoms with Crippen molar-refractivity contribution in [2.45, 2.75) is 13.1 Å². The lowest BCUT2D eigenvalue weighted by Gasteiger charge is -2.12. The number of nitrogens with zero attached hydrogens (tertiary/aromatic N) is 7. The van der Waals surface area contributed by atoms with Crippen LogP contribution in [0, 0.1) is 5.82 Å². The fourth-order valence-electron chi connectivity index (χ4n) is 3.73. The third-order valence-corrected chi connectivity index (χ3v) is 5.62. The van der Waals surface area contributed by atoms with Crippen molar-refractivity contribution in [2.24, 2.45) is 7.05 Å². The van der Waals surface area contributed by atoms with Gasteiger partial charge in [-0.1, -0.05) is 12.1 Å². The van der Waals surface area contributed by atoms with Crippen molar-refractivity contribution in [1.82, 2.24) is 39.8 Å². The minimum atomic E-state index is -0.413. The highest BCUT2D eigenvalue weighted by molar-refractivity contribution is 5.95. The maximum absolute atomic E-state index is 14.5. The summed E-state index contributed by atoms with van der Waals surface area (Å²) in [4.78, 5) is 21.0. The number of aromatic nitrogens is 7. The summed E-state index contributed by atoms with van der Waals surface area (Å²) in [5.41, 5.74) is 2.77. The van der Waals surface area contributed by atoms with Crippen molar-refractivity contribution in [3.8, 4) is 17.2 Å². The van der Waals surface area contributed by atoms with Crippen LogP contribution in [-0.4, -0.2) is 40.4 Å². The van der Waals surface area contributed by atoms with E-state index in [0.717, 1.165) is 5.69 Å². The molecule has 10 nitrogen and oxygen atoms in total. The maximum atomic E-state index is 14.5. The molecular formula is C25H22FN9O. The molecule has 0 aliphatic rings. The number of amides is 1. The largest absolute Gasteiger partial charge is 0.378 e. The fourth-order valence-corrected chi connectivity index (χ4v) is 3.73. The molecule has 2 N–H and O–H groups in total. The number of nitrogens with one attached hydrogen (secondary N) is 2. The number of hydrogen-bond donors (Lipinski definition) is 2. The first kappa shape index (κ1) is 22.8. The van der Waals surface area contributed by atoms with Crippen LogP contribution in [0.4, 0.5) is 10.1 Å². The molecule has 0 radical (unpaired) electrons. The van der Waals surface area contributed by atoms with Gasteiger partial charge in [0.15, 0.2) is 11.6 Å². The average Bonchev–Trinajstić information content (AvgIpc) is 3.57. The van der Waals surface area contributed by atoms with E-state index in [0.29, 0.717) is 40.7 Å². The van der Waals surface area contributed by atoms with Gasteiger partial charge in [0.2, 0.25) is 0 Å². The molecule has 0 saturated heterocycles. The number of halogens is 1. The van der Waals surface area contributed by atoms with Gasteiger partial charge in [0.25, 0.3) is 5.91 Å². The number of anilines is 1. The second-order valence-electron chi connectivity index (χ2n) is 7.90. The van der Waals surface area contributed by atoms with Crippen molar-refractivity contribution in [2.75, 3.05) is 5.32 Å². The summed E-state index contributed by atoms with van der Waals surface area (Å²) in [6.45, 7) is 0.408. The quantitative estimate of drug-likeness (QED) is 0.348. The highest BCUT2D eigenvalue weighted by Crippen LogP contribution is 2.19. The van der Waals surface area contributed by atoms with Crippen LogP contribution in [0.2, 0.25) is 0 Å². The van der Waals surface area contributed by atoms with E-state index >= 15 is 0 Å². The van der Waals surface area contributed by atoms with Gasteiger partial charge in [0, 0.05) is 49.0 Å². The van der Waals surface area contributed by atoms with Crippen molar-refractivity contribution in [3.05, 3.63) is 102 Å². The second-order valence-corrected chi connectivity index (χ2v) is 7.90. The summed E-state index contributed by atoms with van der Waals surface area (Å²) >= 11 is 0. The van der Waals surface area contributed by atoms with Gasteiger partial charge in [-0.05, 0) is 42.5 Å². The molecule has 0 fully saturated rings. The van der Waals surface area contributed by atoms with Gasteiger partial charge in [0.05, 0.1) is 12.2 Å². The Morgan fingerprint density at radius 1 is 1.03 bits per heavy atom. The first-order chi connectivity index (χ1) is 17.6. The summed E-state index contributed by atoms with van der Waals surface area (Å²) in [5.74, 6) is 0.593. The summed E-state index contributed by atoms with van der Waals surface area (Å²) in [6.07, 6.45) is 6.45. The Kier molecular flexibility index (Phi) is 6.43. The van der Waals surface area contributed by atoms with Crippen molar-refractivity contribution in [1.29, 1.82) is 0 Å². The van der Waals surface area contributed by atoms with Gasteiger partial charge in [0.1, 0.15) is 17.8 Å². The van der Waals surface area contributed by atoms with Crippen LogP contribution in [0.1, 0.15) is 21.7 Å². The predicted octanol–water partition coefficient (Wildman–Crippen LogP) is 3.14. The summed E-state index contributed by atoms with van der Waals surface area (Å²) in [7, 11) is 1.86. The summed E-state index contributed by atoms with van der Waals surface area (Å²) in [6, 6.07) is 15.3. The Labute approximate surface area is 205 Å².